The summed E-state index contributed by atoms with van der Waals surface area (Å²) in [6, 6.07) is 2.02. The highest BCUT2D eigenvalue weighted by atomic mass is 79.9. The van der Waals surface area contributed by atoms with Crippen molar-refractivity contribution < 1.29 is 0 Å². The van der Waals surface area contributed by atoms with Crippen LogP contribution in [0.5, 0.6) is 0 Å². The third kappa shape index (κ3) is 6.18. The number of hydrogen-bond donors (Lipinski definition) is 0. The van der Waals surface area contributed by atoms with Crippen molar-refractivity contribution in [2.45, 2.75) is 33.6 Å². The molecule has 1 heterocycles. The Hall–Kier alpha value is -0.680. The largest absolute Gasteiger partial charge is 0.355 e. The molecule has 0 saturated carbocycles. The summed E-state index contributed by atoms with van der Waals surface area (Å²) in [7, 11) is 4.21. The predicted octanol–water partition coefficient (Wildman–Crippen LogP) is 3.22. The highest BCUT2D eigenvalue weighted by molar-refractivity contribution is 9.10. The van der Waals surface area contributed by atoms with Crippen LogP contribution in [-0.2, 0) is 6.42 Å². The summed E-state index contributed by atoms with van der Waals surface area (Å²) < 4.78 is 0.879. The Kier molecular flexibility index (Phi) is 7.45. The van der Waals surface area contributed by atoms with E-state index in [0.717, 1.165) is 48.7 Å². The summed E-state index contributed by atoms with van der Waals surface area (Å²) in [5.74, 6) is 2.57. The fraction of sp³-hybridized carbons (Fsp3) is 0.733. The molecule has 5 heteroatoms. The molecular weight excluding hydrogens is 316 g/mol. The van der Waals surface area contributed by atoms with Crippen LogP contribution in [-0.4, -0.2) is 48.6 Å². The maximum Gasteiger partial charge on any atom is 0.133 e. The molecule has 0 aromatic carbocycles. The molecule has 1 aromatic rings. The summed E-state index contributed by atoms with van der Waals surface area (Å²) in [6.45, 7) is 9.67. The summed E-state index contributed by atoms with van der Waals surface area (Å²) in [5.41, 5.74) is 0. The van der Waals surface area contributed by atoms with Crippen molar-refractivity contribution in [2.24, 2.45) is 5.92 Å². The molecule has 1 aromatic heterocycles. The summed E-state index contributed by atoms with van der Waals surface area (Å²) in [4.78, 5) is 13.7. The van der Waals surface area contributed by atoms with Gasteiger partial charge in [0.2, 0.25) is 0 Å². The van der Waals surface area contributed by atoms with Gasteiger partial charge >= 0.3 is 0 Å². The van der Waals surface area contributed by atoms with Crippen LogP contribution in [0.2, 0.25) is 0 Å². The molecule has 0 spiro atoms. The highest BCUT2D eigenvalue weighted by Gasteiger charge is 2.12. The van der Waals surface area contributed by atoms with E-state index in [4.69, 9.17) is 4.98 Å². The van der Waals surface area contributed by atoms with Crippen LogP contribution in [0, 0.1) is 5.92 Å². The minimum absolute atomic E-state index is 0.612. The van der Waals surface area contributed by atoms with Crippen molar-refractivity contribution in [2.75, 3.05) is 38.6 Å². The van der Waals surface area contributed by atoms with E-state index in [1.807, 2.05) is 6.07 Å². The molecule has 4 nitrogen and oxygen atoms in total. The van der Waals surface area contributed by atoms with Crippen molar-refractivity contribution in [1.82, 2.24) is 14.9 Å². The average molecular weight is 343 g/mol. The van der Waals surface area contributed by atoms with Crippen molar-refractivity contribution in [3.8, 4) is 0 Å². The number of nitrogens with zero attached hydrogens (tertiary/aromatic N) is 4. The second kappa shape index (κ2) is 8.57. The van der Waals surface area contributed by atoms with Gasteiger partial charge in [-0.3, -0.25) is 0 Å². The van der Waals surface area contributed by atoms with Crippen molar-refractivity contribution in [1.29, 1.82) is 0 Å². The molecule has 0 atom stereocenters. The number of anilines is 1. The molecule has 0 unspecified atom stereocenters. The molecule has 0 saturated heterocycles. The summed E-state index contributed by atoms with van der Waals surface area (Å²) in [5, 5.41) is 0. The smallest absolute Gasteiger partial charge is 0.133 e. The monoisotopic (exact) mass is 342 g/mol. The van der Waals surface area contributed by atoms with Crippen LogP contribution in [0.3, 0.4) is 0 Å². The van der Waals surface area contributed by atoms with E-state index in [1.165, 1.54) is 0 Å². The van der Waals surface area contributed by atoms with Crippen LogP contribution in [0.4, 0.5) is 5.82 Å². The Morgan fingerprint density at radius 1 is 1.20 bits per heavy atom. The molecule has 0 bridgehead atoms. The van der Waals surface area contributed by atoms with E-state index in [0.29, 0.717) is 5.92 Å². The van der Waals surface area contributed by atoms with Crippen molar-refractivity contribution >= 4 is 21.7 Å². The molecule has 0 aliphatic carbocycles. The van der Waals surface area contributed by atoms with Gasteiger partial charge in [0.1, 0.15) is 16.2 Å². The maximum absolute atomic E-state index is 4.72. The number of rotatable bonds is 8. The first-order valence-electron chi connectivity index (χ1n) is 7.35. The average Bonchev–Trinajstić information content (AvgIpc) is 2.33. The topological polar surface area (TPSA) is 32.3 Å². The molecule has 0 radical (unpaired) electrons. The normalized spacial score (nSPS) is 11.4. The van der Waals surface area contributed by atoms with Gasteiger partial charge in [0.15, 0.2) is 0 Å². The fourth-order valence-electron chi connectivity index (χ4n) is 2.01. The van der Waals surface area contributed by atoms with Gasteiger partial charge in [-0.2, -0.15) is 0 Å². The minimum atomic E-state index is 0.612. The number of hydrogen-bond acceptors (Lipinski definition) is 4. The lowest BCUT2D eigenvalue weighted by Gasteiger charge is -2.27. The van der Waals surface area contributed by atoms with Crippen LogP contribution in [0.15, 0.2) is 10.7 Å². The lowest BCUT2D eigenvalue weighted by molar-refractivity contribution is 0.408. The first-order chi connectivity index (χ1) is 9.42. The molecule has 0 N–H and O–H groups in total. The molecule has 0 aliphatic rings. The predicted molar refractivity (Wildman–Crippen MR) is 89.3 cm³/mol. The minimum Gasteiger partial charge on any atom is -0.355 e. The third-order valence-corrected chi connectivity index (χ3v) is 3.33. The SMILES string of the molecule is CCCc1nc(Br)cc(N(CCN(C)C)CC(C)C)n1. The molecule has 0 amide bonds. The lowest BCUT2D eigenvalue weighted by atomic mass is 10.2. The lowest BCUT2D eigenvalue weighted by Crippen LogP contribution is -2.35. The zero-order chi connectivity index (χ0) is 15.1. The number of aromatic nitrogens is 2. The van der Waals surface area contributed by atoms with Gasteiger partial charge in [-0.25, -0.2) is 9.97 Å². The van der Waals surface area contributed by atoms with Crippen molar-refractivity contribution in [3.63, 3.8) is 0 Å². The maximum atomic E-state index is 4.72. The highest BCUT2D eigenvalue weighted by Crippen LogP contribution is 2.18. The second-order valence-electron chi connectivity index (χ2n) is 5.86. The standard InChI is InChI=1S/C15H27BrN4/c1-6-7-14-17-13(16)10-15(18-14)20(11-12(2)3)9-8-19(4)5/h10,12H,6-9,11H2,1-5H3. The number of likely N-dealkylation sites (N-methyl/N-ethyl adjacent to an activating group) is 1. The Labute approximate surface area is 131 Å². The van der Waals surface area contributed by atoms with Gasteiger partial charge < -0.3 is 9.80 Å². The van der Waals surface area contributed by atoms with Crippen LogP contribution in [0.25, 0.3) is 0 Å². The van der Waals surface area contributed by atoms with Gasteiger partial charge in [0.25, 0.3) is 0 Å². The van der Waals surface area contributed by atoms with Crippen LogP contribution < -0.4 is 4.90 Å². The second-order valence-corrected chi connectivity index (χ2v) is 6.67. The van der Waals surface area contributed by atoms with Gasteiger partial charge in [-0.15, -0.1) is 0 Å². The Balaban J connectivity index is 2.92. The van der Waals surface area contributed by atoms with E-state index in [1.54, 1.807) is 0 Å². The number of aryl methyl sites for hydroxylation is 1. The summed E-state index contributed by atoms with van der Waals surface area (Å²) in [6.07, 6.45) is 1.99. The Morgan fingerprint density at radius 2 is 1.90 bits per heavy atom. The quantitative estimate of drug-likeness (QED) is 0.679. The zero-order valence-corrected chi connectivity index (χ0v) is 14.9. The molecule has 0 aliphatic heterocycles. The zero-order valence-electron chi connectivity index (χ0n) is 13.4. The van der Waals surface area contributed by atoms with Gasteiger partial charge in [-0.05, 0) is 42.4 Å². The molecule has 0 fully saturated rings. The Morgan fingerprint density at radius 3 is 2.45 bits per heavy atom. The molecule has 1 rings (SSSR count). The fourth-order valence-corrected chi connectivity index (χ4v) is 2.42. The van der Waals surface area contributed by atoms with E-state index in [2.05, 4.69) is 65.6 Å². The third-order valence-electron chi connectivity index (χ3n) is 2.93. The summed E-state index contributed by atoms with van der Waals surface area (Å²) >= 11 is 3.51. The molecular formula is C15H27BrN4. The molecule has 114 valence electrons. The number of halogens is 1. The van der Waals surface area contributed by atoms with Crippen LogP contribution >= 0.6 is 15.9 Å². The molecule has 20 heavy (non-hydrogen) atoms. The van der Waals surface area contributed by atoms with E-state index in [9.17, 15) is 0 Å². The van der Waals surface area contributed by atoms with Gasteiger partial charge in [0, 0.05) is 32.1 Å². The first kappa shape index (κ1) is 17.4. The van der Waals surface area contributed by atoms with Gasteiger partial charge in [0.05, 0.1) is 0 Å². The van der Waals surface area contributed by atoms with E-state index < -0.39 is 0 Å². The Bertz CT molecular complexity index is 407. The van der Waals surface area contributed by atoms with Crippen LogP contribution in [0.1, 0.15) is 33.0 Å². The van der Waals surface area contributed by atoms with Crippen molar-refractivity contribution in [3.05, 3.63) is 16.5 Å². The van der Waals surface area contributed by atoms with Gasteiger partial charge in [-0.1, -0.05) is 20.8 Å². The first-order valence-corrected chi connectivity index (χ1v) is 8.14. The van der Waals surface area contributed by atoms with E-state index in [-0.39, 0.29) is 0 Å². The van der Waals surface area contributed by atoms with E-state index >= 15 is 0 Å².